The highest BCUT2D eigenvalue weighted by Crippen LogP contribution is 2.31. The van der Waals surface area contributed by atoms with Crippen molar-refractivity contribution < 1.29 is 33.3 Å². The summed E-state index contributed by atoms with van der Waals surface area (Å²) >= 11 is 0. The summed E-state index contributed by atoms with van der Waals surface area (Å²) in [6.45, 7) is 2.33. The van der Waals surface area contributed by atoms with E-state index in [1.807, 2.05) is 24.3 Å². The number of likely N-dealkylation sites (tertiary alicyclic amines) is 1. The van der Waals surface area contributed by atoms with Gasteiger partial charge in [0, 0.05) is 37.7 Å². The molecule has 0 bridgehead atoms. The standard InChI is InChI=1S/C34H42N2O7/c1-40-30-15-12-25(22-31(30)41-2)19-21-42-29-8-4-3-7-28(29)35-20-18-27(23-35)43-34(39)9-5-6-24-10-13-26(14-11-24)36-32(37)16-17-33(36)38/h10-17,22,27-29H,3-9,18-21,23H2,1-2H3/t27-,28-,29?/m1/s1. The molecule has 1 unspecified atom stereocenters. The largest absolute Gasteiger partial charge is 0.493 e. The second-order valence-corrected chi connectivity index (χ2v) is 11.5. The lowest BCUT2D eigenvalue weighted by Gasteiger charge is -2.37. The van der Waals surface area contributed by atoms with Crippen molar-refractivity contribution in [2.75, 3.05) is 38.8 Å². The van der Waals surface area contributed by atoms with Crippen LogP contribution >= 0.6 is 0 Å². The molecule has 1 aliphatic carbocycles. The summed E-state index contributed by atoms with van der Waals surface area (Å²) in [5, 5.41) is 0. The Morgan fingerprint density at radius 3 is 2.33 bits per heavy atom. The van der Waals surface area contributed by atoms with Crippen LogP contribution in [0.5, 0.6) is 11.5 Å². The SMILES string of the molecule is COc1ccc(CCOC2CCCC[C@H]2N2CC[C@@H](OC(=O)CCCc3ccc(N4C(=O)C=CC4=O)cc3)C2)cc1OC. The number of carbonyl (C=O) groups excluding carboxylic acids is 3. The third-order valence-electron chi connectivity index (χ3n) is 8.63. The molecule has 0 N–H and O–H groups in total. The second kappa shape index (κ2) is 14.7. The first kappa shape index (κ1) is 30.8. The van der Waals surface area contributed by atoms with Crippen LogP contribution in [0, 0.1) is 0 Å². The van der Waals surface area contributed by atoms with Gasteiger partial charge in [-0.05, 0) is 73.9 Å². The van der Waals surface area contributed by atoms with E-state index in [0.29, 0.717) is 31.2 Å². The zero-order chi connectivity index (χ0) is 30.2. The molecular weight excluding hydrogens is 548 g/mol. The maximum absolute atomic E-state index is 12.6. The van der Waals surface area contributed by atoms with Crippen LogP contribution in [-0.4, -0.2) is 74.8 Å². The van der Waals surface area contributed by atoms with Crippen molar-refractivity contribution in [1.29, 1.82) is 0 Å². The first-order valence-electron chi connectivity index (χ1n) is 15.4. The van der Waals surface area contributed by atoms with Gasteiger partial charge in [0.15, 0.2) is 11.5 Å². The Balaban J connectivity index is 1.03. The van der Waals surface area contributed by atoms with Gasteiger partial charge in [0.25, 0.3) is 11.8 Å². The first-order chi connectivity index (χ1) is 20.9. The van der Waals surface area contributed by atoms with Crippen LogP contribution in [0.2, 0.25) is 0 Å². The molecule has 5 rings (SSSR count). The fourth-order valence-corrected chi connectivity index (χ4v) is 6.35. The Hall–Kier alpha value is -3.69. The second-order valence-electron chi connectivity index (χ2n) is 11.5. The van der Waals surface area contributed by atoms with Gasteiger partial charge < -0.3 is 18.9 Å². The number of nitrogens with zero attached hydrogens (tertiary/aromatic N) is 2. The number of imide groups is 1. The van der Waals surface area contributed by atoms with Gasteiger partial charge in [-0.15, -0.1) is 0 Å². The molecule has 9 nitrogen and oxygen atoms in total. The number of benzene rings is 2. The van der Waals surface area contributed by atoms with Crippen molar-refractivity contribution in [2.45, 2.75) is 76.0 Å². The van der Waals surface area contributed by atoms with E-state index in [1.165, 1.54) is 25.0 Å². The van der Waals surface area contributed by atoms with Crippen molar-refractivity contribution in [1.82, 2.24) is 4.90 Å². The van der Waals surface area contributed by atoms with E-state index >= 15 is 0 Å². The van der Waals surface area contributed by atoms with Crippen molar-refractivity contribution in [2.24, 2.45) is 0 Å². The first-order valence-corrected chi connectivity index (χ1v) is 15.4. The molecule has 2 aromatic rings. The molecule has 3 atom stereocenters. The van der Waals surface area contributed by atoms with Crippen LogP contribution in [0.1, 0.15) is 56.1 Å². The third kappa shape index (κ3) is 7.83. The number of amides is 2. The van der Waals surface area contributed by atoms with Gasteiger partial charge in [0.1, 0.15) is 6.10 Å². The lowest BCUT2D eigenvalue weighted by Crippen LogP contribution is -2.46. The Morgan fingerprint density at radius 1 is 0.860 bits per heavy atom. The highest BCUT2D eigenvalue weighted by Gasteiger charge is 2.36. The average Bonchev–Trinajstić information content (AvgIpc) is 3.63. The number of hydrogen-bond donors (Lipinski definition) is 0. The molecule has 1 saturated carbocycles. The maximum atomic E-state index is 12.6. The van der Waals surface area contributed by atoms with Crippen molar-refractivity contribution in [3.8, 4) is 11.5 Å². The fraction of sp³-hybridized carbons (Fsp3) is 0.500. The van der Waals surface area contributed by atoms with Gasteiger partial charge >= 0.3 is 5.97 Å². The summed E-state index contributed by atoms with van der Waals surface area (Å²) in [4.78, 5) is 40.0. The van der Waals surface area contributed by atoms with Crippen LogP contribution in [0.25, 0.3) is 0 Å². The molecule has 3 aliphatic rings. The lowest BCUT2D eigenvalue weighted by molar-refractivity contribution is -0.148. The van der Waals surface area contributed by atoms with Crippen molar-refractivity contribution >= 4 is 23.5 Å². The van der Waals surface area contributed by atoms with Gasteiger partial charge in [-0.3, -0.25) is 19.3 Å². The normalized spacial score (nSPS) is 22.3. The van der Waals surface area contributed by atoms with E-state index in [1.54, 1.807) is 26.4 Å². The van der Waals surface area contributed by atoms with Crippen LogP contribution in [0.3, 0.4) is 0 Å². The number of anilines is 1. The number of methoxy groups -OCH3 is 2. The van der Waals surface area contributed by atoms with Crippen molar-refractivity contribution in [3.05, 3.63) is 65.7 Å². The highest BCUT2D eigenvalue weighted by atomic mass is 16.5. The summed E-state index contributed by atoms with van der Waals surface area (Å²) in [7, 11) is 3.29. The molecule has 2 aliphatic heterocycles. The molecule has 230 valence electrons. The van der Waals surface area contributed by atoms with Crippen LogP contribution in [0.4, 0.5) is 5.69 Å². The minimum atomic E-state index is -0.330. The molecule has 0 aromatic heterocycles. The molecule has 9 heteroatoms. The Morgan fingerprint density at radius 2 is 1.58 bits per heavy atom. The number of rotatable bonds is 13. The molecule has 2 aromatic carbocycles. The topological polar surface area (TPSA) is 94.6 Å². The molecule has 2 amide bonds. The van der Waals surface area contributed by atoms with Gasteiger partial charge in [0.2, 0.25) is 0 Å². The minimum absolute atomic E-state index is 0.0785. The van der Waals surface area contributed by atoms with E-state index in [-0.39, 0.29) is 30.0 Å². The van der Waals surface area contributed by atoms with E-state index in [4.69, 9.17) is 18.9 Å². The monoisotopic (exact) mass is 590 g/mol. The van der Waals surface area contributed by atoms with Crippen molar-refractivity contribution in [3.63, 3.8) is 0 Å². The summed E-state index contributed by atoms with van der Waals surface area (Å²) < 4.78 is 23.1. The molecule has 0 radical (unpaired) electrons. The third-order valence-corrected chi connectivity index (χ3v) is 8.63. The van der Waals surface area contributed by atoms with Gasteiger partial charge in [0.05, 0.1) is 32.6 Å². The zero-order valence-corrected chi connectivity index (χ0v) is 25.2. The van der Waals surface area contributed by atoms with Crippen LogP contribution in [0.15, 0.2) is 54.6 Å². The number of carbonyl (C=O) groups is 3. The molecule has 43 heavy (non-hydrogen) atoms. The predicted molar refractivity (Wildman–Crippen MR) is 162 cm³/mol. The summed E-state index contributed by atoms with van der Waals surface area (Å²) in [6.07, 6.45) is 10.6. The van der Waals surface area contributed by atoms with E-state index in [0.717, 1.165) is 72.7 Å². The van der Waals surface area contributed by atoms with Gasteiger partial charge in [-0.2, -0.15) is 0 Å². The maximum Gasteiger partial charge on any atom is 0.306 e. The molecule has 2 heterocycles. The molecule has 0 spiro atoms. The predicted octanol–water partition coefficient (Wildman–Crippen LogP) is 4.64. The van der Waals surface area contributed by atoms with Crippen LogP contribution in [-0.2, 0) is 36.7 Å². The quantitative estimate of drug-likeness (QED) is 0.246. The number of esters is 1. The summed E-state index contributed by atoms with van der Waals surface area (Å²) in [5.41, 5.74) is 2.75. The minimum Gasteiger partial charge on any atom is -0.493 e. The van der Waals surface area contributed by atoms with E-state index < -0.39 is 0 Å². The molecule has 1 saturated heterocycles. The summed E-state index contributed by atoms with van der Waals surface area (Å²) in [5.74, 6) is 0.639. The average molecular weight is 591 g/mol. The number of hydrogen-bond acceptors (Lipinski definition) is 8. The smallest absolute Gasteiger partial charge is 0.306 e. The number of ether oxygens (including phenoxy) is 4. The van der Waals surface area contributed by atoms with E-state index in [9.17, 15) is 14.4 Å². The van der Waals surface area contributed by atoms with Gasteiger partial charge in [-0.25, -0.2) is 4.90 Å². The molecule has 2 fully saturated rings. The summed E-state index contributed by atoms with van der Waals surface area (Å²) in [6, 6.07) is 13.7. The Bertz CT molecular complexity index is 1290. The van der Waals surface area contributed by atoms with Gasteiger partial charge in [-0.1, -0.05) is 31.0 Å². The Labute approximate surface area is 253 Å². The molecular formula is C34H42N2O7. The Kier molecular flexibility index (Phi) is 10.5. The fourth-order valence-electron chi connectivity index (χ4n) is 6.35. The zero-order valence-electron chi connectivity index (χ0n) is 25.2. The lowest BCUT2D eigenvalue weighted by atomic mass is 9.91. The van der Waals surface area contributed by atoms with E-state index in [2.05, 4.69) is 11.0 Å². The van der Waals surface area contributed by atoms with Crippen LogP contribution < -0.4 is 14.4 Å². The highest BCUT2D eigenvalue weighted by molar-refractivity contribution is 6.28. The number of aryl methyl sites for hydroxylation is 1.